The van der Waals surface area contributed by atoms with E-state index in [4.69, 9.17) is 15.5 Å². The molecule has 1 saturated carbocycles. The first-order chi connectivity index (χ1) is 17.6. The Morgan fingerprint density at radius 3 is 2.54 bits per heavy atom. The third-order valence-electron chi connectivity index (χ3n) is 7.19. The maximum absolute atomic E-state index is 13.2. The van der Waals surface area contributed by atoms with E-state index in [1.807, 2.05) is 4.57 Å². The summed E-state index contributed by atoms with van der Waals surface area (Å²) in [6.45, 7) is 3.38. The highest BCUT2D eigenvalue weighted by Gasteiger charge is 2.33. The fraction of sp³-hybridized carbons (Fsp3) is 0.542. The summed E-state index contributed by atoms with van der Waals surface area (Å²) in [5.74, 6) is 0.241. The van der Waals surface area contributed by atoms with E-state index in [2.05, 4.69) is 32.5 Å². The van der Waals surface area contributed by atoms with Crippen molar-refractivity contribution in [3.05, 3.63) is 30.1 Å². The third kappa shape index (κ3) is 5.45. The van der Waals surface area contributed by atoms with Crippen LogP contribution in [0.15, 0.2) is 24.4 Å². The summed E-state index contributed by atoms with van der Waals surface area (Å²) < 4.78 is 47.1. The first kappa shape index (κ1) is 25.2. The number of primary amides is 1. The highest BCUT2D eigenvalue weighted by Crippen LogP contribution is 2.37. The van der Waals surface area contributed by atoms with Crippen molar-refractivity contribution < 1.29 is 22.7 Å². The number of rotatable bonds is 6. The zero-order valence-electron chi connectivity index (χ0n) is 20.4. The molecule has 2 fully saturated rings. The number of anilines is 3. The van der Waals surface area contributed by atoms with Gasteiger partial charge in [0.25, 0.3) is 0 Å². The van der Waals surface area contributed by atoms with Gasteiger partial charge in [0.2, 0.25) is 17.8 Å². The van der Waals surface area contributed by atoms with Gasteiger partial charge in [-0.15, -0.1) is 0 Å². The van der Waals surface area contributed by atoms with Crippen molar-refractivity contribution in [2.75, 3.05) is 23.8 Å². The van der Waals surface area contributed by atoms with Gasteiger partial charge in [-0.2, -0.15) is 18.2 Å². The number of alkyl halides is 3. The summed E-state index contributed by atoms with van der Waals surface area (Å²) in [6, 6.07) is 3.57. The lowest BCUT2D eigenvalue weighted by molar-refractivity contribution is -0.141. The van der Waals surface area contributed by atoms with Gasteiger partial charge in [0, 0.05) is 30.7 Å². The topological polar surface area (TPSA) is 133 Å². The van der Waals surface area contributed by atoms with Gasteiger partial charge in [-0.25, -0.2) is 15.0 Å². The minimum Gasteiger partial charge on any atom is -0.381 e. The van der Waals surface area contributed by atoms with E-state index < -0.39 is 11.9 Å². The number of imidazole rings is 1. The number of fused-ring (bicyclic) bond motifs is 1. The van der Waals surface area contributed by atoms with Crippen LogP contribution in [0.25, 0.3) is 11.2 Å². The van der Waals surface area contributed by atoms with Crippen LogP contribution in [0.5, 0.6) is 0 Å². The molecule has 37 heavy (non-hydrogen) atoms. The second-order valence-corrected chi connectivity index (χ2v) is 9.94. The maximum Gasteiger partial charge on any atom is 0.433 e. The van der Waals surface area contributed by atoms with Crippen LogP contribution in [-0.2, 0) is 15.7 Å². The number of pyridine rings is 1. The Balaban J connectivity index is 1.51. The molecule has 4 heterocycles. The van der Waals surface area contributed by atoms with Crippen LogP contribution in [0, 0.1) is 5.92 Å². The fourth-order valence-corrected chi connectivity index (χ4v) is 5.00. The van der Waals surface area contributed by atoms with Gasteiger partial charge in [0.1, 0.15) is 17.0 Å². The van der Waals surface area contributed by atoms with Gasteiger partial charge in [-0.1, -0.05) is 6.07 Å². The van der Waals surface area contributed by atoms with Gasteiger partial charge in [-0.05, 0) is 57.6 Å². The minimum atomic E-state index is -4.57. The fourth-order valence-electron chi connectivity index (χ4n) is 5.00. The number of hydrogen-bond donors (Lipinski definition) is 3. The number of halogens is 3. The van der Waals surface area contributed by atoms with E-state index in [9.17, 15) is 18.0 Å². The minimum absolute atomic E-state index is 0.0122. The van der Waals surface area contributed by atoms with E-state index in [1.165, 1.54) is 12.1 Å². The molecule has 13 heteroatoms. The molecule has 1 aliphatic carbocycles. The van der Waals surface area contributed by atoms with Crippen molar-refractivity contribution in [3.63, 3.8) is 0 Å². The highest BCUT2D eigenvalue weighted by molar-refractivity contribution is 5.77. The molecule has 0 radical (unpaired) electrons. The molecular weight excluding hydrogens is 489 g/mol. The number of carbonyl (C=O) groups is 1. The van der Waals surface area contributed by atoms with E-state index in [-0.39, 0.29) is 29.2 Å². The van der Waals surface area contributed by atoms with Gasteiger partial charge < -0.3 is 21.1 Å². The van der Waals surface area contributed by atoms with Crippen molar-refractivity contribution in [2.24, 2.45) is 11.7 Å². The molecule has 3 aromatic rings. The SMILES string of the molecule is CC1(Nc2ncc3nc(Nc4cccc(C(F)(F)F)n4)n(C4CCC(C(N)=O)CC4)c3n2)CCOCC1. The third-order valence-corrected chi connectivity index (χ3v) is 7.19. The zero-order chi connectivity index (χ0) is 26.2. The van der Waals surface area contributed by atoms with Crippen LogP contribution in [0.3, 0.4) is 0 Å². The quantitative estimate of drug-likeness (QED) is 0.443. The summed E-state index contributed by atoms with van der Waals surface area (Å²) in [4.78, 5) is 29.2. The molecule has 5 rings (SSSR count). The number of ether oxygens (including phenoxy) is 1. The molecule has 198 valence electrons. The Morgan fingerprint density at radius 2 is 1.86 bits per heavy atom. The molecule has 10 nitrogen and oxygen atoms in total. The van der Waals surface area contributed by atoms with Crippen LogP contribution >= 0.6 is 0 Å². The molecule has 0 bridgehead atoms. The average molecular weight is 519 g/mol. The molecule has 0 spiro atoms. The van der Waals surface area contributed by atoms with Crippen LogP contribution in [0.2, 0.25) is 0 Å². The molecule has 1 saturated heterocycles. The lowest BCUT2D eigenvalue weighted by Crippen LogP contribution is -2.41. The lowest BCUT2D eigenvalue weighted by atomic mass is 9.85. The van der Waals surface area contributed by atoms with Crippen LogP contribution in [0.1, 0.15) is 57.2 Å². The largest absolute Gasteiger partial charge is 0.433 e. The van der Waals surface area contributed by atoms with Crippen LogP contribution in [0.4, 0.5) is 30.9 Å². The van der Waals surface area contributed by atoms with Gasteiger partial charge >= 0.3 is 6.18 Å². The Kier molecular flexibility index (Phi) is 6.65. The second-order valence-electron chi connectivity index (χ2n) is 9.94. The Hall–Kier alpha value is -3.48. The smallest absolute Gasteiger partial charge is 0.381 e. The number of amides is 1. The molecule has 1 aliphatic heterocycles. The molecule has 0 unspecified atom stereocenters. The van der Waals surface area contributed by atoms with Crippen molar-refractivity contribution >= 4 is 34.8 Å². The first-order valence-electron chi connectivity index (χ1n) is 12.3. The number of nitrogens with zero attached hydrogens (tertiary/aromatic N) is 5. The molecule has 4 N–H and O–H groups in total. The Bertz CT molecular complexity index is 1280. The standard InChI is InChI=1S/C24H29F3N8O2/c1-23(9-11-37-12-10-23)34-21-29-13-16-20(33-21)35(15-7-5-14(6-8-15)19(28)36)22(30-16)32-18-4-2-3-17(31-18)24(25,26)27/h2-4,13-15H,5-12H2,1H3,(H2,28,36)(H,29,33,34)(H,30,31,32). The lowest BCUT2D eigenvalue weighted by Gasteiger charge is -2.34. The molecule has 2 aliphatic rings. The molecule has 0 aromatic carbocycles. The van der Waals surface area contributed by atoms with E-state index in [0.717, 1.165) is 18.9 Å². The Labute approximate surface area is 211 Å². The molecule has 3 aromatic heterocycles. The van der Waals surface area contributed by atoms with E-state index >= 15 is 0 Å². The van der Waals surface area contributed by atoms with Crippen LogP contribution in [-0.4, -0.2) is 49.2 Å². The summed E-state index contributed by atoms with van der Waals surface area (Å²) in [5, 5.41) is 6.38. The Morgan fingerprint density at radius 1 is 1.14 bits per heavy atom. The number of nitrogens with one attached hydrogen (secondary N) is 2. The zero-order valence-corrected chi connectivity index (χ0v) is 20.4. The van der Waals surface area contributed by atoms with Crippen molar-refractivity contribution in [1.82, 2.24) is 24.5 Å². The number of carbonyl (C=O) groups excluding carboxylic acids is 1. The number of aromatic nitrogens is 5. The average Bonchev–Trinajstić information content (AvgIpc) is 3.21. The summed E-state index contributed by atoms with van der Waals surface area (Å²) >= 11 is 0. The predicted octanol–water partition coefficient (Wildman–Crippen LogP) is 4.18. The summed E-state index contributed by atoms with van der Waals surface area (Å²) in [7, 11) is 0. The van der Waals surface area contributed by atoms with Gasteiger partial charge in [-0.3, -0.25) is 9.36 Å². The normalized spacial score (nSPS) is 22.1. The number of hydrogen-bond acceptors (Lipinski definition) is 8. The maximum atomic E-state index is 13.2. The van der Waals surface area contributed by atoms with Crippen molar-refractivity contribution in [3.8, 4) is 0 Å². The monoisotopic (exact) mass is 518 g/mol. The number of nitrogens with two attached hydrogens (primary N) is 1. The highest BCUT2D eigenvalue weighted by atomic mass is 19.4. The summed E-state index contributed by atoms with van der Waals surface area (Å²) in [5.41, 5.74) is 5.33. The first-order valence-corrected chi connectivity index (χ1v) is 12.3. The second kappa shape index (κ2) is 9.77. The van der Waals surface area contributed by atoms with Gasteiger partial charge in [0.05, 0.1) is 6.20 Å². The van der Waals surface area contributed by atoms with E-state index in [1.54, 1.807) is 6.20 Å². The molecule has 0 atom stereocenters. The van der Waals surface area contributed by atoms with Crippen LogP contribution < -0.4 is 16.4 Å². The van der Waals surface area contributed by atoms with Crippen molar-refractivity contribution in [1.29, 1.82) is 0 Å². The van der Waals surface area contributed by atoms with Crippen molar-refractivity contribution in [2.45, 2.75) is 63.2 Å². The predicted molar refractivity (Wildman–Crippen MR) is 130 cm³/mol. The van der Waals surface area contributed by atoms with Gasteiger partial charge in [0.15, 0.2) is 5.65 Å². The molecule has 1 amide bonds. The molecular formula is C24H29F3N8O2. The van der Waals surface area contributed by atoms with E-state index in [0.29, 0.717) is 62.0 Å². The summed E-state index contributed by atoms with van der Waals surface area (Å²) in [6.07, 6.45) is 1.14.